The number of nitrogens with zero attached hydrogens (tertiary/aromatic N) is 4. The van der Waals surface area contributed by atoms with Crippen molar-refractivity contribution < 1.29 is 14.5 Å². The summed E-state index contributed by atoms with van der Waals surface area (Å²) >= 11 is 0.824. The van der Waals surface area contributed by atoms with E-state index < -0.39 is 16.9 Å². The molecule has 0 saturated carbocycles. The van der Waals surface area contributed by atoms with Crippen molar-refractivity contribution in [3.8, 4) is 0 Å². The molecule has 1 aromatic rings. The lowest BCUT2D eigenvalue weighted by molar-refractivity contribution is -0.384. The van der Waals surface area contributed by atoms with Crippen LogP contribution < -0.4 is 5.32 Å². The van der Waals surface area contributed by atoms with E-state index in [4.69, 9.17) is 0 Å². The van der Waals surface area contributed by atoms with E-state index in [1.807, 2.05) is 5.32 Å². The maximum absolute atomic E-state index is 11.1. The molecule has 0 radical (unpaired) electrons. The second-order valence-electron chi connectivity index (χ2n) is 2.96. The van der Waals surface area contributed by atoms with E-state index in [0.717, 1.165) is 16.3 Å². The van der Waals surface area contributed by atoms with Crippen LogP contribution in [-0.4, -0.2) is 39.6 Å². The van der Waals surface area contributed by atoms with E-state index in [9.17, 15) is 19.7 Å². The maximum atomic E-state index is 11.1. The summed E-state index contributed by atoms with van der Waals surface area (Å²) in [5.41, 5.74) is 0. The molecule has 0 atom stereocenters. The van der Waals surface area contributed by atoms with E-state index in [2.05, 4.69) is 10.1 Å². The molecule has 3 amide bonds. The van der Waals surface area contributed by atoms with Gasteiger partial charge >= 0.3 is 11.2 Å². The minimum Gasteiger partial charge on any atom is -0.357 e. The highest BCUT2D eigenvalue weighted by Crippen LogP contribution is 2.18. The van der Waals surface area contributed by atoms with E-state index in [1.54, 1.807) is 0 Å². The first-order valence-electron chi connectivity index (χ1n) is 4.32. The molecule has 1 aliphatic heterocycles. The Morgan fingerprint density at radius 2 is 2.41 bits per heavy atom. The second-order valence-corrected chi connectivity index (χ2v) is 4.00. The van der Waals surface area contributed by atoms with Crippen LogP contribution in [-0.2, 0) is 4.79 Å². The molecule has 1 aliphatic rings. The molecule has 1 N–H and O–H groups in total. The van der Waals surface area contributed by atoms with Gasteiger partial charge in [0.1, 0.15) is 6.54 Å². The van der Waals surface area contributed by atoms with Crippen molar-refractivity contribution in [2.75, 3.05) is 6.54 Å². The van der Waals surface area contributed by atoms with Gasteiger partial charge in [0.15, 0.2) is 6.20 Å². The highest BCUT2D eigenvalue weighted by molar-refractivity contribution is 7.16. The first-order chi connectivity index (χ1) is 8.06. The maximum Gasteiger partial charge on any atom is 0.423 e. The number of thiazole rings is 1. The number of hydrogen-bond donors (Lipinski definition) is 1. The molecule has 0 spiro atoms. The van der Waals surface area contributed by atoms with Crippen LogP contribution in [0.5, 0.6) is 0 Å². The van der Waals surface area contributed by atoms with Crippen LogP contribution in [0.1, 0.15) is 4.88 Å². The third-order valence-corrected chi connectivity index (χ3v) is 2.65. The number of rotatable bonds is 3. The molecular weight excluding hydrogens is 250 g/mol. The third kappa shape index (κ3) is 2.42. The van der Waals surface area contributed by atoms with Crippen molar-refractivity contribution in [3.05, 3.63) is 21.2 Å². The molecule has 0 aliphatic carbocycles. The van der Waals surface area contributed by atoms with Crippen molar-refractivity contribution in [1.82, 2.24) is 15.3 Å². The first kappa shape index (κ1) is 11.1. The number of nitro groups is 1. The van der Waals surface area contributed by atoms with Gasteiger partial charge in [0.2, 0.25) is 5.91 Å². The van der Waals surface area contributed by atoms with Gasteiger partial charge in [-0.05, 0) is 21.2 Å². The van der Waals surface area contributed by atoms with Gasteiger partial charge in [-0.1, -0.05) is 0 Å². The van der Waals surface area contributed by atoms with E-state index in [0.29, 0.717) is 4.88 Å². The zero-order chi connectivity index (χ0) is 12.4. The molecule has 17 heavy (non-hydrogen) atoms. The van der Waals surface area contributed by atoms with Gasteiger partial charge in [-0.3, -0.25) is 10.1 Å². The average Bonchev–Trinajstić information content (AvgIpc) is 2.82. The number of nitrogens with one attached hydrogen (secondary N) is 1. The Hall–Kier alpha value is -2.36. The van der Waals surface area contributed by atoms with Crippen LogP contribution in [0.2, 0.25) is 0 Å². The van der Waals surface area contributed by atoms with Gasteiger partial charge in [-0.15, -0.1) is 0 Å². The Kier molecular flexibility index (Phi) is 2.78. The van der Waals surface area contributed by atoms with Gasteiger partial charge in [-0.2, -0.15) is 5.10 Å². The number of hydrogen-bond acceptors (Lipinski definition) is 7. The molecule has 0 aromatic carbocycles. The molecular formula is C7H5N5O4S. The van der Waals surface area contributed by atoms with Gasteiger partial charge in [0.25, 0.3) is 0 Å². The van der Waals surface area contributed by atoms with Crippen molar-refractivity contribution >= 4 is 34.6 Å². The number of carbonyl (C=O) groups is 2. The van der Waals surface area contributed by atoms with Crippen LogP contribution in [0.15, 0.2) is 11.3 Å². The monoisotopic (exact) mass is 255 g/mol. The van der Waals surface area contributed by atoms with Gasteiger partial charge in [-0.25, -0.2) is 9.80 Å². The molecule has 1 saturated heterocycles. The van der Waals surface area contributed by atoms with E-state index >= 15 is 0 Å². The quantitative estimate of drug-likeness (QED) is 0.351. The molecule has 1 aromatic heterocycles. The summed E-state index contributed by atoms with van der Waals surface area (Å²) in [5, 5.41) is 16.8. The Bertz CT molecular complexity index is 524. The number of imide groups is 1. The van der Waals surface area contributed by atoms with Crippen molar-refractivity contribution in [3.63, 3.8) is 0 Å². The summed E-state index contributed by atoms with van der Waals surface area (Å²) in [5.74, 6) is -0.442. The topological polar surface area (TPSA) is 118 Å². The average molecular weight is 255 g/mol. The Morgan fingerprint density at radius 3 is 2.94 bits per heavy atom. The number of amides is 3. The molecule has 9 nitrogen and oxygen atoms in total. The van der Waals surface area contributed by atoms with Gasteiger partial charge in [0.05, 0.1) is 11.1 Å². The number of hydrazone groups is 1. The molecule has 1 fully saturated rings. The summed E-state index contributed by atoms with van der Waals surface area (Å²) in [6.45, 7) is -0.157. The fourth-order valence-electron chi connectivity index (χ4n) is 1.07. The largest absolute Gasteiger partial charge is 0.423 e. The van der Waals surface area contributed by atoms with E-state index in [-0.39, 0.29) is 11.7 Å². The van der Waals surface area contributed by atoms with Gasteiger partial charge < -0.3 is 10.1 Å². The van der Waals surface area contributed by atoms with Crippen LogP contribution in [0.4, 0.5) is 9.93 Å². The number of aromatic nitrogens is 1. The van der Waals surface area contributed by atoms with Crippen molar-refractivity contribution in [2.24, 2.45) is 5.10 Å². The van der Waals surface area contributed by atoms with Crippen LogP contribution in [0.25, 0.3) is 0 Å². The van der Waals surface area contributed by atoms with Crippen LogP contribution >= 0.6 is 11.3 Å². The third-order valence-electron chi connectivity index (χ3n) is 1.77. The predicted molar refractivity (Wildman–Crippen MR) is 56.6 cm³/mol. The summed E-state index contributed by atoms with van der Waals surface area (Å²) in [4.78, 5) is 35.6. The summed E-state index contributed by atoms with van der Waals surface area (Å²) < 4.78 is 0. The summed E-state index contributed by atoms with van der Waals surface area (Å²) in [6, 6.07) is -0.620. The Labute approximate surface area is 97.9 Å². The lowest BCUT2D eigenvalue weighted by Crippen LogP contribution is -2.24. The fraction of sp³-hybridized carbons (Fsp3) is 0.143. The predicted octanol–water partition coefficient (Wildman–Crippen LogP) is -0.0630. The first-order valence-corrected chi connectivity index (χ1v) is 5.13. The number of urea groups is 1. The SMILES string of the molecule is O=C1CN(/N=C/c2cnc([N+](=O)[O-])s2)C(=O)N1. The zero-order valence-corrected chi connectivity index (χ0v) is 9.01. The Morgan fingerprint density at radius 1 is 1.65 bits per heavy atom. The van der Waals surface area contributed by atoms with Crippen molar-refractivity contribution in [2.45, 2.75) is 0 Å². The van der Waals surface area contributed by atoms with Crippen molar-refractivity contribution in [1.29, 1.82) is 0 Å². The van der Waals surface area contributed by atoms with Gasteiger partial charge in [0, 0.05) is 0 Å². The smallest absolute Gasteiger partial charge is 0.357 e. The molecule has 0 bridgehead atoms. The minimum absolute atomic E-state index is 0.157. The Balaban J connectivity index is 2.07. The van der Waals surface area contributed by atoms with E-state index in [1.165, 1.54) is 12.4 Å². The fourth-order valence-corrected chi connectivity index (χ4v) is 1.67. The highest BCUT2D eigenvalue weighted by atomic mass is 32.1. The molecule has 2 rings (SSSR count). The summed E-state index contributed by atoms with van der Waals surface area (Å²) in [6.07, 6.45) is 2.50. The molecule has 88 valence electrons. The molecule has 2 heterocycles. The highest BCUT2D eigenvalue weighted by Gasteiger charge is 2.26. The lowest BCUT2D eigenvalue weighted by atomic mass is 10.6. The summed E-state index contributed by atoms with van der Waals surface area (Å²) in [7, 11) is 0. The van der Waals surface area contributed by atoms with Crippen LogP contribution in [0.3, 0.4) is 0 Å². The van der Waals surface area contributed by atoms with Crippen LogP contribution in [0, 0.1) is 10.1 Å². The standard InChI is InChI=1S/C7H5N5O4S/c13-5-3-11(6(14)10-5)9-2-4-1-8-7(17-4)12(15)16/h1-2H,3H2,(H,10,13,14)/b9-2+. The zero-order valence-electron chi connectivity index (χ0n) is 8.19. The molecule has 10 heteroatoms. The lowest BCUT2D eigenvalue weighted by Gasteiger charge is -2.02. The normalized spacial score (nSPS) is 15.6. The molecule has 0 unspecified atom stereocenters. The number of carbonyl (C=O) groups excluding carboxylic acids is 2. The second kappa shape index (κ2) is 4.25. The minimum atomic E-state index is -0.620.